The van der Waals surface area contributed by atoms with Gasteiger partial charge in [0.25, 0.3) is 0 Å². The van der Waals surface area contributed by atoms with Gasteiger partial charge < -0.3 is 9.47 Å². The molecule has 0 aliphatic heterocycles. The van der Waals surface area contributed by atoms with E-state index in [-0.39, 0.29) is 11.7 Å². The van der Waals surface area contributed by atoms with Gasteiger partial charge in [-0.05, 0) is 131 Å². The van der Waals surface area contributed by atoms with Crippen molar-refractivity contribution in [2.45, 2.75) is 114 Å². The van der Waals surface area contributed by atoms with Crippen molar-refractivity contribution in [3.63, 3.8) is 0 Å². The van der Waals surface area contributed by atoms with E-state index in [4.69, 9.17) is 9.47 Å². The van der Waals surface area contributed by atoms with E-state index in [0.29, 0.717) is 0 Å². The molecule has 2 heteroatoms. The van der Waals surface area contributed by atoms with Crippen LogP contribution in [0.3, 0.4) is 0 Å². The lowest BCUT2D eigenvalue weighted by Crippen LogP contribution is -2.32. The molecule has 0 saturated carbocycles. The van der Waals surface area contributed by atoms with E-state index < -0.39 is 0 Å². The first-order chi connectivity index (χ1) is 14.5. The van der Waals surface area contributed by atoms with Crippen LogP contribution in [-0.2, 0) is 0 Å². The van der Waals surface area contributed by atoms with Gasteiger partial charge in [0.1, 0.15) is 17.1 Å². The molecule has 0 aliphatic carbocycles. The van der Waals surface area contributed by atoms with Gasteiger partial charge in [-0.2, -0.15) is 0 Å². The molecule has 31 heavy (non-hydrogen) atoms. The highest BCUT2D eigenvalue weighted by Crippen LogP contribution is 2.41. The predicted octanol–water partition coefficient (Wildman–Crippen LogP) is 8.73. The third-order valence-electron chi connectivity index (χ3n) is 7.11. The third kappa shape index (κ3) is 5.27. The minimum Gasteiger partial charge on any atom is -0.490 e. The van der Waals surface area contributed by atoms with E-state index in [2.05, 4.69) is 88.3 Å². The fourth-order valence-electron chi connectivity index (χ4n) is 4.37. The Morgan fingerprint density at radius 2 is 1.26 bits per heavy atom. The summed E-state index contributed by atoms with van der Waals surface area (Å²) in [5.41, 5.74) is 9.99. The van der Waals surface area contributed by atoms with E-state index in [9.17, 15) is 0 Å². The lowest BCUT2D eigenvalue weighted by molar-refractivity contribution is 0.0724. The zero-order valence-electron chi connectivity index (χ0n) is 21.9. The van der Waals surface area contributed by atoms with Crippen molar-refractivity contribution >= 4 is 0 Å². The van der Waals surface area contributed by atoms with Crippen molar-refractivity contribution in [2.75, 3.05) is 0 Å². The Kier molecular flexibility index (Phi) is 8.25. The molecule has 0 aromatic heterocycles. The minimum absolute atomic E-state index is 0.115. The summed E-state index contributed by atoms with van der Waals surface area (Å²) < 4.78 is 12.9. The maximum atomic E-state index is 6.66. The summed E-state index contributed by atoms with van der Waals surface area (Å²) in [4.78, 5) is 0. The molecule has 2 aromatic rings. The second-order valence-corrected chi connectivity index (χ2v) is 9.63. The fourth-order valence-corrected chi connectivity index (χ4v) is 4.37. The Morgan fingerprint density at radius 1 is 0.774 bits per heavy atom. The lowest BCUT2D eigenvalue weighted by atomic mass is 9.88. The van der Waals surface area contributed by atoms with Crippen LogP contribution >= 0.6 is 0 Å². The Morgan fingerprint density at radius 3 is 1.71 bits per heavy atom. The quantitative estimate of drug-likeness (QED) is 0.400. The summed E-state index contributed by atoms with van der Waals surface area (Å²) >= 11 is 0. The number of ether oxygens (including phenoxy) is 2. The summed E-state index contributed by atoms with van der Waals surface area (Å²) in [6, 6.07) is 4.62. The van der Waals surface area contributed by atoms with E-state index in [1.807, 2.05) is 0 Å². The molecule has 0 saturated heterocycles. The molecule has 0 aliphatic rings. The molecule has 0 radical (unpaired) electrons. The first-order valence-electron chi connectivity index (χ1n) is 12.1. The number of aryl methyl sites for hydroxylation is 2. The number of rotatable bonds is 9. The Hall–Kier alpha value is -1.96. The molecule has 2 atom stereocenters. The van der Waals surface area contributed by atoms with E-state index in [1.165, 1.54) is 44.5 Å². The molecule has 0 amide bonds. The van der Waals surface area contributed by atoms with Crippen LogP contribution in [0.25, 0.3) is 11.1 Å². The SMILES string of the molecule is CCCC(C)(CC)Oc1c(C)cc(-c2cc(C)c(OC(C)CC)c(C)c2C)c(C)c1C. The third-order valence-corrected chi connectivity index (χ3v) is 7.11. The predicted molar refractivity (Wildman–Crippen MR) is 135 cm³/mol. The van der Waals surface area contributed by atoms with Crippen LogP contribution in [0.15, 0.2) is 12.1 Å². The molecule has 172 valence electrons. The van der Waals surface area contributed by atoms with Crippen molar-refractivity contribution < 1.29 is 9.47 Å². The lowest BCUT2D eigenvalue weighted by Gasteiger charge is -2.32. The zero-order chi connectivity index (χ0) is 23.5. The molecule has 2 nitrogen and oxygen atoms in total. The normalized spacial score (nSPS) is 14.3. The zero-order valence-corrected chi connectivity index (χ0v) is 21.9. The summed E-state index contributed by atoms with van der Waals surface area (Å²) in [6.45, 7) is 24.2. The molecule has 0 spiro atoms. The van der Waals surface area contributed by atoms with Gasteiger partial charge in [-0.25, -0.2) is 0 Å². The average Bonchev–Trinajstić information content (AvgIpc) is 2.74. The van der Waals surface area contributed by atoms with Gasteiger partial charge in [0, 0.05) is 0 Å². The summed E-state index contributed by atoms with van der Waals surface area (Å²) in [7, 11) is 0. The van der Waals surface area contributed by atoms with Crippen molar-refractivity contribution in [3.8, 4) is 22.6 Å². The van der Waals surface area contributed by atoms with Crippen molar-refractivity contribution in [1.29, 1.82) is 0 Å². The van der Waals surface area contributed by atoms with Crippen LogP contribution in [0, 0.1) is 41.5 Å². The highest BCUT2D eigenvalue weighted by atomic mass is 16.5. The summed E-state index contributed by atoms with van der Waals surface area (Å²) in [6.07, 6.45) is 4.44. The molecule has 2 rings (SSSR count). The monoisotopic (exact) mass is 424 g/mol. The molecular formula is C29H44O2. The van der Waals surface area contributed by atoms with E-state index in [1.54, 1.807) is 0 Å². The number of benzene rings is 2. The van der Waals surface area contributed by atoms with Crippen LogP contribution < -0.4 is 9.47 Å². The molecule has 2 unspecified atom stereocenters. The van der Waals surface area contributed by atoms with Crippen molar-refractivity contribution in [1.82, 2.24) is 0 Å². The summed E-state index contributed by atoms with van der Waals surface area (Å²) in [5, 5.41) is 0. The first kappa shape index (κ1) is 25.3. The molecular weight excluding hydrogens is 380 g/mol. The maximum absolute atomic E-state index is 6.66. The molecule has 0 fully saturated rings. The van der Waals surface area contributed by atoms with Crippen molar-refractivity contribution in [3.05, 3.63) is 45.5 Å². The largest absolute Gasteiger partial charge is 0.490 e. The standard InChI is InChI=1S/C29H44O2/c1-12-15-29(11,14-3)31-28-19(5)17-26(22(8)24(28)10)25-16-18(4)27(23(9)21(25)7)30-20(6)13-2/h16-17,20H,12-15H2,1-11H3. The van der Waals surface area contributed by atoms with E-state index in [0.717, 1.165) is 37.2 Å². The van der Waals surface area contributed by atoms with Gasteiger partial charge in [-0.1, -0.05) is 27.2 Å². The second-order valence-electron chi connectivity index (χ2n) is 9.63. The van der Waals surface area contributed by atoms with Gasteiger partial charge in [0.2, 0.25) is 0 Å². The van der Waals surface area contributed by atoms with Gasteiger partial charge in [0.05, 0.1) is 6.10 Å². The maximum Gasteiger partial charge on any atom is 0.126 e. The Balaban J connectivity index is 2.58. The van der Waals surface area contributed by atoms with Gasteiger partial charge in [0.15, 0.2) is 0 Å². The topological polar surface area (TPSA) is 18.5 Å². The highest BCUT2D eigenvalue weighted by Gasteiger charge is 2.26. The Labute approximate surface area is 191 Å². The molecule has 0 N–H and O–H groups in total. The molecule has 0 heterocycles. The van der Waals surface area contributed by atoms with Crippen LogP contribution in [0.2, 0.25) is 0 Å². The smallest absolute Gasteiger partial charge is 0.126 e. The van der Waals surface area contributed by atoms with Gasteiger partial charge in [-0.3, -0.25) is 0 Å². The highest BCUT2D eigenvalue weighted by molar-refractivity contribution is 5.77. The summed E-state index contributed by atoms with van der Waals surface area (Å²) in [5.74, 6) is 2.10. The number of hydrogen-bond acceptors (Lipinski definition) is 2. The van der Waals surface area contributed by atoms with Gasteiger partial charge in [-0.15, -0.1) is 0 Å². The minimum atomic E-state index is -0.115. The average molecular weight is 425 g/mol. The Bertz CT molecular complexity index is 925. The first-order valence-corrected chi connectivity index (χ1v) is 12.1. The van der Waals surface area contributed by atoms with Gasteiger partial charge >= 0.3 is 0 Å². The fraction of sp³-hybridized carbons (Fsp3) is 0.586. The molecule has 2 aromatic carbocycles. The van der Waals surface area contributed by atoms with Crippen LogP contribution in [0.1, 0.15) is 93.7 Å². The van der Waals surface area contributed by atoms with Crippen molar-refractivity contribution in [2.24, 2.45) is 0 Å². The van der Waals surface area contributed by atoms with Crippen LogP contribution in [0.5, 0.6) is 11.5 Å². The second kappa shape index (κ2) is 10.1. The van der Waals surface area contributed by atoms with Crippen LogP contribution in [-0.4, -0.2) is 11.7 Å². The van der Waals surface area contributed by atoms with Crippen LogP contribution in [0.4, 0.5) is 0 Å². The number of hydrogen-bond donors (Lipinski definition) is 0. The van der Waals surface area contributed by atoms with E-state index >= 15 is 0 Å². The molecule has 0 bridgehead atoms.